The molecule has 1 saturated heterocycles. The van der Waals surface area contributed by atoms with E-state index in [1.807, 2.05) is 35.1 Å². The zero-order chi connectivity index (χ0) is 17.2. The first-order valence-corrected chi connectivity index (χ1v) is 9.05. The third-order valence-corrected chi connectivity index (χ3v) is 5.19. The van der Waals surface area contributed by atoms with Crippen LogP contribution in [-0.2, 0) is 18.3 Å². The maximum atomic E-state index is 12.7. The van der Waals surface area contributed by atoms with Gasteiger partial charge in [-0.1, -0.05) is 18.2 Å². The second kappa shape index (κ2) is 6.75. The molecule has 3 heterocycles. The van der Waals surface area contributed by atoms with E-state index in [2.05, 4.69) is 34.5 Å². The summed E-state index contributed by atoms with van der Waals surface area (Å²) in [5, 5.41) is 5.52. The molecule has 130 valence electrons. The number of H-pyrrole nitrogens is 1. The van der Waals surface area contributed by atoms with Crippen molar-refractivity contribution >= 4 is 16.8 Å². The molecule has 0 saturated carbocycles. The molecule has 1 fully saturated rings. The van der Waals surface area contributed by atoms with Gasteiger partial charge in [-0.25, -0.2) is 0 Å². The zero-order valence-corrected chi connectivity index (χ0v) is 14.6. The van der Waals surface area contributed by atoms with Crippen molar-refractivity contribution < 1.29 is 4.79 Å². The third-order valence-electron chi connectivity index (χ3n) is 5.19. The number of aromatic nitrogens is 3. The van der Waals surface area contributed by atoms with Gasteiger partial charge in [-0.3, -0.25) is 9.48 Å². The highest BCUT2D eigenvalue weighted by Crippen LogP contribution is 2.32. The highest BCUT2D eigenvalue weighted by atomic mass is 16.2. The smallest absolute Gasteiger partial charge is 0.223 e. The summed E-state index contributed by atoms with van der Waals surface area (Å²) in [6.07, 6.45) is 10.5. The van der Waals surface area contributed by atoms with Crippen LogP contribution < -0.4 is 0 Å². The van der Waals surface area contributed by atoms with Crippen LogP contribution >= 0.6 is 0 Å². The largest absolute Gasteiger partial charge is 0.361 e. The molecule has 0 aliphatic carbocycles. The van der Waals surface area contributed by atoms with Crippen LogP contribution in [0.3, 0.4) is 0 Å². The number of rotatable bonds is 5. The van der Waals surface area contributed by atoms with E-state index in [4.69, 9.17) is 0 Å². The minimum absolute atomic E-state index is 0.203. The summed E-state index contributed by atoms with van der Waals surface area (Å²) in [6.45, 7) is 0.867. The van der Waals surface area contributed by atoms with E-state index < -0.39 is 0 Å². The molecule has 1 N–H and O–H groups in total. The predicted molar refractivity (Wildman–Crippen MR) is 98.1 cm³/mol. The second-order valence-corrected chi connectivity index (χ2v) is 6.91. The van der Waals surface area contributed by atoms with Crippen molar-refractivity contribution in [1.82, 2.24) is 19.7 Å². The summed E-state index contributed by atoms with van der Waals surface area (Å²) in [5.41, 5.74) is 3.62. The highest BCUT2D eigenvalue weighted by molar-refractivity contribution is 5.83. The summed E-state index contributed by atoms with van der Waals surface area (Å²) in [5.74, 6) is 0.270. The fraction of sp³-hybridized carbons (Fsp3) is 0.400. The van der Waals surface area contributed by atoms with Crippen molar-refractivity contribution in [3.8, 4) is 0 Å². The van der Waals surface area contributed by atoms with Gasteiger partial charge in [0.05, 0.1) is 12.2 Å². The quantitative estimate of drug-likeness (QED) is 0.774. The van der Waals surface area contributed by atoms with Crippen LogP contribution in [0.5, 0.6) is 0 Å². The van der Waals surface area contributed by atoms with Crippen LogP contribution in [0.15, 0.2) is 42.9 Å². The maximum Gasteiger partial charge on any atom is 0.223 e. The number of hydrogen-bond donors (Lipinski definition) is 1. The van der Waals surface area contributed by atoms with Crippen molar-refractivity contribution in [2.75, 3.05) is 6.54 Å². The normalized spacial score (nSPS) is 17.5. The lowest BCUT2D eigenvalue weighted by atomic mass is 10.1. The van der Waals surface area contributed by atoms with Crippen LogP contribution in [0.2, 0.25) is 0 Å². The number of benzene rings is 1. The van der Waals surface area contributed by atoms with E-state index in [1.165, 1.54) is 16.5 Å². The molecule has 5 heteroatoms. The number of amides is 1. The molecule has 4 rings (SSSR count). The Balaban J connectivity index is 1.37. The molecular formula is C20H24N4O. The molecule has 0 spiro atoms. The number of aromatic amines is 1. The first-order chi connectivity index (χ1) is 12.2. The van der Waals surface area contributed by atoms with Gasteiger partial charge in [0.1, 0.15) is 0 Å². The van der Waals surface area contributed by atoms with E-state index in [-0.39, 0.29) is 11.9 Å². The first kappa shape index (κ1) is 15.9. The van der Waals surface area contributed by atoms with Gasteiger partial charge >= 0.3 is 0 Å². The molecule has 1 unspecified atom stereocenters. The second-order valence-electron chi connectivity index (χ2n) is 6.91. The van der Waals surface area contributed by atoms with Crippen molar-refractivity contribution in [3.05, 3.63) is 54.0 Å². The van der Waals surface area contributed by atoms with Crippen LogP contribution in [0, 0.1) is 0 Å². The number of hydrogen-bond acceptors (Lipinski definition) is 2. The monoisotopic (exact) mass is 336 g/mol. The summed E-state index contributed by atoms with van der Waals surface area (Å²) in [6, 6.07) is 8.54. The van der Waals surface area contributed by atoms with Gasteiger partial charge in [0.2, 0.25) is 5.91 Å². The summed E-state index contributed by atoms with van der Waals surface area (Å²) in [7, 11) is 1.92. The molecule has 25 heavy (non-hydrogen) atoms. The SMILES string of the molecule is Cn1cc(C2CCCN2C(=O)CCCc2c[nH]c3ccccc23)cn1. The van der Waals surface area contributed by atoms with E-state index >= 15 is 0 Å². The average molecular weight is 336 g/mol. The summed E-state index contributed by atoms with van der Waals surface area (Å²) >= 11 is 0. The molecule has 1 atom stereocenters. The number of nitrogens with zero attached hydrogens (tertiary/aromatic N) is 3. The van der Waals surface area contributed by atoms with E-state index in [0.717, 1.165) is 37.8 Å². The van der Waals surface area contributed by atoms with Gasteiger partial charge in [-0.15, -0.1) is 0 Å². The third kappa shape index (κ3) is 3.18. The van der Waals surface area contributed by atoms with E-state index in [1.54, 1.807) is 0 Å². The first-order valence-electron chi connectivity index (χ1n) is 9.05. The Morgan fingerprint density at radius 3 is 3.08 bits per heavy atom. The molecule has 2 aromatic heterocycles. The van der Waals surface area contributed by atoms with Crippen LogP contribution in [0.4, 0.5) is 0 Å². The lowest BCUT2D eigenvalue weighted by Gasteiger charge is -2.24. The molecule has 0 radical (unpaired) electrons. The molecular weight excluding hydrogens is 312 g/mol. The van der Waals surface area contributed by atoms with E-state index in [9.17, 15) is 4.79 Å². The molecule has 1 amide bonds. The number of aryl methyl sites for hydroxylation is 2. The molecule has 3 aromatic rings. The standard InChI is InChI=1S/C20H24N4O/c1-23-14-16(13-22-23)19-9-5-11-24(19)20(25)10-4-6-15-12-21-18-8-3-2-7-17(15)18/h2-3,7-8,12-14,19,21H,4-6,9-11H2,1H3. The van der Waals surface area contributed by atoms with Gasteiger partial charge < -0.3 is 9.88 Å². The average Bonchev–Trinajstić information content (AvgIpc) is 3.34. The Morgan fingerprint density at radius 2 is 2.24 bits per heavy atom. The topological polar surface area (TPSA) is 53.9 Å². The molecule has 5 nitrogen and oxygen atoms in total. The minimum Gasteiger partial charge on any atom is -0.361 e. The van der Waals surface area contributed by atoms with Crippen LogP contribution in [-0.4, -0.2) is 32.1 Å². The number of fused-ring (bicyclic) bond motifs is 1. The Morgan fingerprint density at radius 1 is 1.36 bits per heavy atom. The molecule has 0 bridgehead atoms. The maximum absolute atomic E-state index is 12.7. The lowest BCUT2D eigenvalue weighted by molar-refractivity contribution is -0.132. The van der Waals surface area contributed by atoms with Crippen molar-refractivity contribution in [2.45, 2.75) is 38.1 Å². The molecule has 1 aliphatic heterocycles. The Bertz CT molecular complexity index is 879. The number of carbonyl (C=O) groups is 1. The van der Waals surface area contributed by atoms with Gasteiger partial charge in [-0.2, -0.15) is 5.10 Å². The summed E-state index contributed by atoms with van der Waals surface area (Å²) in [4.78, 5) is 18.1. The van der Waals surface area contributed by atoms with Crippen LogP contribution in [0.1, 0.15) is 42.9 Å². The minimum atomic E-state index is 0.203. The fourth-order valence-corrected chi connectivity index (χ4v) is 3.94. The zero-order valence-electron chi connectivity index (χ0n) is 14.6. The highest BCUT2D eigenvalue weighted by Gasteiger charge is 2.30. The summed E-state index contributed by atoms with van der Waals surface area (Å²) < 4.78 is 1.81. The van der Waals surface area contributed by atoms with Crippen molar-refractivity contribution in [3.63, 3.8) is 0 Å². The number of para-hydroxylation sites is 1. The molecule has 1 aromatic carbocycles. The number of likely N-dealkylation sites (tertiary alicyclic amines) is 1. The van der Waals surface area contributed by atoms with Gasteiger partial charge in [0, 0.05) is 48.9 Å². The lowest BCUT2D eigenvalue weighted by Crippen LogP contribution is -2.30. The number of nitrogens with one attached hydrogen (secondary N) is 1. The van der Waals surface area contributed by atoms with Gasteiger partial charge in [0.25, 0.3) is 0 Å². The Hall–Kier alpha value is -2.56. The van der Waals surface area contributed by atoms with E-state index in [0.29, 0.717) is 6.42 Å². The van der Waals surface area contributed by atoms with Gasteiger partial charge in [-0.05, 0) is 37.3 Å². The fourth-order valence-electron chi connectivity index (χ4n) is 3.94. The molecule has 1 aliphatic rings. The predicted octanol–water partition coefficient (Wildman–Crippen LogP) is 3.59. The Kier molecular flexibility index (Phi) is 4.30. The number of carbonyl (C=O) groups excluding carboxylic acids is 1. The van der Waals surface area contributed by atoms with Crippen LogP contribution in [0.25, 0.3) is 10.9 Å². The van der Waals surface area contributed by atoms with Crippen molar-refractivity contribution in [1.29, 1.82) is 0 Å². The Labute approximate surface area is 147 Å². The van der Waals surface area contributed by atoms with Crippen molar-refractivity contribution in [2.24, 2.45) is 7.05 Å². The van der Waals surface area contributed by atoms with Gasteiger partial charge in [0.15, 0.2) is 0 Å².